The topological polar surface area (TPSA) is 26.3 Å². The fourth-order valence-corrected chi connectivity index (χ4v) is 2.21. The minimum atomic E-state index is -0.191. The van der Waals surface area contributed by atoms with Gasteiger partial charge >= 0.3 is 5.97 Å². The number of esters is 1. The number of carbonyl (C=O) groups excluding carboxylic acids is 1. The van der Waals surface area contributed by atoms with Crippen LogP contribution in [0.25, 0.3) is 0 Å². The maximum atomic E-state index is 11.9. The molecule has 116 valence electrons. The lowest BCUT2D eigenvalue weighted by Crippen LogP contribution is -2.12. The summed E-state index contributed by atoms with van der Waals surface area (Å²) in [5.74, 6) is 0.422. The van der Waals surface area contributed by atoms with E-state index < -0.39 is 0 Å². The summed E-state index contributed by atoms with van der Waals surface area (Å²) in [7, 11) is 0. The first kappa shape index (κ1) is 16.3. The first-order valence-corrected chi connectivity index (χ1v) is 7.71. The van der Waals surface area contributed by atoms with Crippen LogP contribution in [0.4, 0.5) is 0 Å². The lowest BCUT2D eigenvalue weighted by atomic mass is 9.87. The van der Waals surface area contributed by atoms with Crippen LogP contribution in [0.3, 0.4) is 0 Å². The molecule has 0 aliphatic rings. The summed E-state index contributed by atoms with van der Waals surface area (Å²) in [6.45, 7) is 8.54. The molecule has 0 fully saturated rings. The molecule has 0 amide bonds. The predicted octanol–water partition coefficient (Wildman–Crippen LogP) is 4.83. The van der Waals surface area contributed by atoms with E-state index in [0.717, 1.165) is 5.56 Å². The molecule has 0 aliphatic heterocycles. The van der Waals surface area contributed by atoms with Gasteiger partial charge < -0.3 is 4.74 Å². The molecule has 0 aliphatic carbocycles. The summed E-state index contributed by atoms with van der Waals surface area (Å²) in [6.07, 6.45) is 1.10. The molecule has 0 saturated carbocycles. The molecule has 2 nitrogen and oxygen atoms in total. The Morgan fingerprint density at radius 2 is 1.55 bits per heavy atom. The molecule has 0 atom stereocenters. The Bertz CT molecular complexity index is 616. The van der Waals surface area contributed by atoms with Crippen molar-refractivity contribution >= 4 is 5.97 Å². The smallest absolute Gasteiger partial charge is 0.311 e. The fraction of sp³-hybridized carbons (Fsp3) is 0.350. The van der Waals surface area contributed by atoms with Gasteiger partial charge in [0.05, 0.1) is 0 Å². The van der Waals surface area contributed by atoms with E-state index in [4.69, 9.17) is 4.74 Å². The minimum Gasteiger partial charge on any atom is -0.427 e. The van der Waals surface area contributed by atoms with Gasteiger partial charge in [-0.25, -0.2) is 0 Å². The zero-order valence-corrected chi connectivity index (χ0v) is 13.8. The summed E-state index contributed by atoms with van der Waals surface area (Å²) in [6, 6.07) is 16.0. The van der Waals surface area contributed by atoms with Crippen molar-refractivity contribution in [1.82, 2.24) is 0 Å². The van der Waals surface area contributed by atoms with E-state index in [0.29, 0.717) is 18.6 Å². The molecule has 0 saturated heterocycles. The fourth-order valence-electron chi connectivity index (χ4n) is 2.21. The molecule has 0 heterocycles. The molecule has 2 aromatic carbocycles. The van der Waals surface area contributed by atoms with Crippen LogP contribution in [0, 0.1) is 6.92 Å². The number of carbonyl (C=O) groups is 1. The molecule has 22 heavy (non-hydrogen) atoms. The molecule has 2 aromatic rings. The third-order valence-corrected chi connectivity index (χ3v) is 3.69. The Hall–Kier alpha value is -2.09. The second kappa shape index (κ2) is 6.78. The van der Waals surface area contributed by atoms with Crippen molar-refractivity contribution in [3.63, 3.8) is 0 Å². The van der Waals surface area contributed by atoms with E-state index in [2.05, 4.69) is 52.0 Å². The largest absolute Gasteiger partial charge is 0.427 e. The summed E-state index contributed by atoms with van der Waals surface area (Å²) in [5.41, 5.74) is 3.72. The molecule has 2 rings (SSSR count). The summed E-state index contributed by atoms with van der Waals surface area (Å²) in [4.78, 5) is 11.9. The van der Waals surface area contributed by atoms with Crippen LogP contribution in [0.1, 0.15) is 43.9 Å². The molecular weight excluding hydrogens is 272 g/mol. The number of ether oxygens (including phenoxy) is 1. The highest BCUT2D eigenvalue weighted by Gasteiger charge is 2.13. The van der Waals surface area contributed by atoms with Crippen molar-refractivity contribution in [2.24, 2.45) is 0 Å². The summed E-state index contributed by atoms with van der Waals surface area (Å²) >= 11 is 0. The summed E-state index contributed by atoms with van der Waals surface area (Å²) in [5, 5.41) is 0. The maximum absolute atomic E-state index is 11.9. The average Bonchev–Trinajstić information content (AvgIpc) is 2.46. The first-order valence-electron chi connectivity index (χ1n) is 7.71. The van der Waals surface area contributed by atoms with Gasteiger partial charge in [0.15, 0.2) is 0 Å². The average molecular weight is 296 g/mol. The third-order valence-electron chi connectivity index (χ3n) is 3.69. The van der Waals surface area contributed by atoms with Crippen LogP contribution in [-0.4, -0.2) is 5.97 Å². The van der Waals surface area contributed by atoms with E-state index in [1.165, 1.54) is 11.1 Å². The lowest BCUT2D eigenvalue weighted by Gasteiger charge is -2.19. The number of rotatable bonds is 4. The molecule has 2 heteroatoms. The van der Waals surface area contributed by atoms with Crippen LogP contribution in [0.15, 0.2) is 48.5 Å². The van der Waals surface area contributed by atoms with Crippen molar-refractivity contribution < 1.29 is 9.53 Å². The van der Waals surface area contributed by atoms with Crippen LogP contribution in [-0.2, 0) is 16.6 Å². The molecule has 0 radical (unpaired) electrons. The highest BCUT2D eigenvalue weighted by atomic mass is 16.5. The van der Waals surface area contributed by atoms with E-state index in [1.54, 1.807) is 0 Å². The lowest BCUT2D eigenvalue weighted by molar-refractivity contribution is -0.134. The Morgan fingerprint density at radius 1 is 0.955 bits per heavy atom. The van der Waals surface area contributed by atoms with Gasteiger partial charge in [-0.3, -0.25) is 4.79 Å². The quantitative estimate of drug-likeness (QED) is 0.596. The van der Waals surface area contributed by atoms with Gasteiger partial charge in [-0.05, 0) is 42.0 Å². The van der Waals surface area contributed by atoms with Gasteiger partial charge in [-0.2, -0.15) is 0 Å². The van der Waals surface area contributed by atoms with E-state index in [-0.39, 0.29) is 11.4 Å². The Balaban J connectivity index is 1.88. The Morgan fingerprint density at radius 3 is 2.09 bits per heavy atom. The highest BCUT2D eigenvalue weighted by molar-refractivity contribution is 5.72. The number of benzene rings is 2. The minimum absolute atomic E-state index is 0.105. The van der Waals surface area contributed by atoms with Crippen LogP contribution >= 0.6 is 0 Å². The standard InChI is InChI=1S/C20H24O2/c1-15-5-7-16(8-6-15)9-14-19(21)22-18-12-10-17(11-13-18)20(2,3)4/h5-8,10-13H,9,14H2,1-4H3. The van der Waals surface area contributed by atoms with Crippen molar-refractivity contribution in [1.29, 1.82) is 0 Å². The van der Waals surface area contributed by atoms with Gasteiger partial charge in [0.2, 0.25) is 0 Å². The maximum Gasteiger partial charge on any atom is 0.311 e. The van der Waals surface area contributed by atoms with Crippen LogP contribution < -0.4 is 4.74 Å². The van der Waals surface area contributed by atoms with Crippen molar-refractivity contribution in [3.8, 4) is 5.75 Å². The molecule has 0 spiro atoms. The van der Waals surface area contributed by atoms with Crippen molar-refractivity contribution in [2.45, 2.75) is 46.0 Å². The Labute approximate surface area is 133 Å². The van der Waals surface area contributed by atoms with Crippen LogP contribution in [0.5, 0.6) is 5.75 Å². The molecule has 0 bridgehead atoms. The molecule has 0 aromatic heterocycles. The highest BCUT2D eigenvalue weighted by Crippen LogP contribution is 2.24. The molecule has 0 N–H and O–H groups in total. The first-order chi connectivity index (χ1) is 10.3. The number of hydrogen-bond donors (Lipinski definition) is 0. The molecular formula is C20H24O2. The van der Waals surface area contributed by atoms with Gasteiger partial charge in [0, 0.05) is 6.42 Å². The summed E-state index contributed by atoms with van der Waals surface area (Å²) < 4.78 is 5.39. The predicted molar refractivity (Wildman–Crippen MR) is 90.3 cm³/mol. The second-order valence-electron chi connectivity index (χ2n) is 6.73. The van der Waals surface area contributed by atoms with Gasteiger partial charge in [-0.1, -0.05) is 62.7 Å². The second-order valence-corrected chi connectivity index (χ2v) is 6.73. The van der Waals surface area contributed by atoms with Gasteiger partial charge in [-0.15, -0.1) is 0 Å². The van der Waals surface area contributed by atoms with E-state index in [9.17, 15) is 4.79 Å². The third kappa shape index (κ3) is 4.73. The van der Waals surface area contributed by atoms with Crippen LogP contribution in [0.2, 0.25) is 0 Å². The monoisotopic (exact) mass is 296 g/mol. The van der Waals surface area contributed by atoms with E-state index >= 15 is 0 Å². The van der Waals surface area contributed by atoms with Gasteiger partial charge in [0.25, 0.3) is 0 Å². The van der Waals surface area contributed by atoms with Crippen molar-refractivity contribution in [2.75, 3.05) is 0 Å². The van der Waals surface area contributed by atoms with Gasteiger partial charge in [0.1, 0.15) is 5.75 Å². The van der Waals surface area contributed by atoms with E-state index in [1.807, 2.05) is 24.3 Å². The number of hydrogen-bond acceptors (Lipinski definition) is 2. The zero-order chi connectivity index (χ0) is 16.2. The molecule has 0 unspecified atom stereocenters. The number of aryl methyl sites for hydroxylation is 2. The zero-order valence-electron chi connectivity index (χ0n) is 13.8. The SMILES string of the molecule is Cc1ccc(CCC(=O)Oc2ccc(C(C)(C)C)cc2)cc1. The van der Waals surface area contributed by atoms with Crippen molar-refractivity contribution in [3.05, 3.63) is 65.2 Å². The Kier molecular flexibility index (Phi) is 5.02. The normalized spacial score (nSPS) is 11.3.